The van der Waals surface area contributed by atoms with E-state index in [1.54, 1.807) is 29.3 Å². The van der Waals surface area contributed by atoms with Gasteiger partial charge in [0.05, 0.1) is 22.4 Å². The fourth-order valence-electron chi connectivity index (χ4n) is 3.78. The van der Waals surface area contributed by atoms with Crippen molar-refractivity contribution >= 4 is 28.6 Å². The lowest BCUT2D eigenvalue weighted by molar-refractivity contribution is -0.0348. The number of benzene rings is 1. The second-order valence-electron chi connectivity index (χ2n) is 8.20. The molecule has 1 fully saturated rings. The van der Waals surface area contributed by atoms with Crippen molar-refractivity contribution in [3.8, 4) is 0 Å². The molecule has 7 nitrogen and oxygen atoms in total. The van der Waals surface area contributed by atoms with Crippen LogP contribution in [0.15, 0.2) is 24.4 Å². The molecule has 0 radical (unpaired) electrons. The molecule has 7 heteroatoms. The van der Waals surface area contributed by atoms with E-state index in [4.69, 9.17) is 4.74 Å². The molecule has 142 valence electrons. The summed E-state index contributed by atoms with van der Waals surface area (Å²) >= 11 is 0. The zero-order chi connectivity index (χ0) is 19.4. The first-order valence-corrected chi connectivity index (χ1v) is 9.12. The van der Waals surface area contributed by atoms with E-state index in [-0.39, 0.29) is 12.0 Å². The van der Waals surface area contributed by atoms with Crippen molar-refractivity contribution in [2.45, 2.75) is 44.8 Å². The summed E-state index contributed by atoms with van der Waals surface area (Å²) in [5.41, 5.74) is 0.976. The predicted molar refractivity (Wildman–Crippen MR) is 101 cm³/mol. The molecule has 3 heterocycles. The number of anilines is 1. The molecule has 1 saturated heterocycles. The van der Waals surface area contributed by atoms with Crippen LogP contribution >= 0.6 is 0 Å². The van der Waals surface area contributed by atoms with Gasteiger partial charge in [0.25, 0.3) is 5.91 Å². The number of nitrogens with zero attached hydrogens (tertiary/aromatic N) is 2. The second kappa shape index (κ2) is 5.92. The standard InChI is InChI=1S/C20H23N3O4/c1-19(2,3)27-18(25)23-10-7-20(26,8-11-23)13-5-4-12-15-14(22-17(12)24)6-9-21-16(13)15/h4-6,9,26H,7-8,10-11H2,1-3H3,(H,22,24). The summed E-state index contributed by atoms with van der Waals surface area (Å²) in [6.45, 7) is 6.29. The number of hydrogen-bond acceptors (Lipinski definition) is 5. The minimum Gasteiger partial charge on any atom is -0.444 e. The number of carbonyl (C=O) groups excluding carboxylic acids is 2. The molecule has 0 unspecified atom stereocenters. The third-order valence-corrected chi connectivity index (χ3v) is 5.13. The maximum absolute atomic E-state index is 12.3. The molecular formula is C20H23N3O4. The van der Waals surface area contributed by atoms with Crippen LogP contribution < -0.4 is 5.32 Å². The van der Waals surface area contributed by atoms with Gasteiger partial charge in [0.2, 0.25) is 0 Å². The predicted octanol–water partition coefficient (Wildman–Crippen LogP) is 3.02. The quantitative estimate of drug-likeness (QED) is 0.806. The second-order valence-corrected chi connectivity index (χ2v) is 8.20. The Hall–Kier alpha value is -2.67. The summed E-state index contributed by atoms with van der Waals surface area (Å²) in [7, 11) is 0. The number of ether oxygens (including phenoxy) is 1. The zero-order valence-electron chi connectivity index (χ0n) is 15.7. The van der Waals surface area contributed by atoms with Crippen molar-refractivity contribution in [3.63, 3.8) is 0 Å². The first kappa shape index (κ1) is 17.7. The van der Waals surface area contributed by atoms with Gasteiger partial charge in [-0.2, -0.15) is 0 Å². The molecule has 2 amide bonds. The fourth-order valence-corrected chi connectivity index (χ4v) is 3.78. The van der Waals surface area contributed by atoms with Gasteiger partial charge < -0.3 is 20.1 Å². The lowest BCUT2D eigenvalue weighted by Crippen LogP contribution is -2.46. The topological polar surface area (TPSA) is 91.8 Å². The zero-order valence-corrected chi connectivity index (χ0v) is 15.7. The molecule has 2 aromatic rings. The van der Waals surface area contributed by atoms with Crippen LogP contribution in [0.2, 0.25) is 0 Å². The number of carbonyl (C=O) groups is 2. The van der Waals surface area contributed by atoms with Gasteiger partial charge in [0, 0.05) is 30.2 Å². The van der Waals surface area contributed by atoms with Crippen LogP contribution in [0.1, 0.15) is 49.5 Å². The van der Waals surface area contributed by atoms with E-state index in [1.807, 2.05) is 20.8 Å². The molecule has 1 aromatic heterocycles. The van der Waals surface area contributed by atoms with Crippen molar-refractivity contribution in [3.05, 3.63) is 35.5 Å². The summed E-state index contributed by atoms with van der Waals surface area (Å²) < 4.78 is 5.42. The molecule has 27 heavy (non-hydrogen) atoms. The molecule has 0 saturated carbocycles. The number of aliphatic hydroxyl groups is 1. The third-order valence-electron chi connectivity index (χ3n) is 5.13. The minimum absolute atomic E-state index is 0.152. The van der Waals surface area contributed by atoms with Crippen LogP contribution in [0.4, 0.5) is 10.5 Å². The highest BCUT2D eigenvalue weighted by atomic mass is 16.6. The highest BCUT2D eigenvalue weighted by molar-refractivity contribution is 6.23. The molecule has 0 spiro atoms. The van der Waals surface area contributed by atoms with Crippen molar-refractivity contribution in [1.29, 1.82) is 0 Å². The van der Waals surface area contributed by atoms with Crippen LogP contribution in [0, 0.1) is 0 Å². The van der Waals surface area contributed by atoms with E-state index in [9.17, 15) is 14.7 Å². The van der Waals surface area contributed by atoms with Gasteiger partial charge >= 0.3 is 6.09 Å². The smallest absolute Gasteiger partial charge is 0.410 e. The molecule has 4 rings (SSSR count). The largest absolute Gasteiger partial charge is 0.444 e. The molecule has 0 atom stereocenters. The highest BCUT2D eigenvalue weighted by Gasteiger charge is 2.39. The van der Waals surface area contributed by atoms with E-state index in [0.717, 1.165) is 11.1 Å². The SMILES string of the molecule is CC(C)(C)OC(=O)N1CCC(O)(c2ccc3c4c(ccnc24)NC3=O)CC1. The molecule has 0 aliphatic carbocycles. The molecule has 0 bridgehead atoms. The number of pyridine rings is 1. The summed E-state index contributed by atoms with van der Waals surface area (Å²) in [5, 5.41) is 14.9. The number of rotatable bonds is 1. The Balaban J connectivity index is 1.62. The van der Waals surface area contributed by atoms with Crippen molar-refractivity contribution in [1.82, 2.24) is 9.88 Å². The Morgan fingerprint density at radius 1 is 1.26 bits per heavy atom. The van der Waals surface area contributed by atoms with E-state index < -0.39 is 11.2 Å². The third kappa shape index (κ3) is 3.02. The van der Waals surface area contributed by atoms with Gasteiger partial charge in [-0.05, 0) is 45.7 Å². The van der Waals surface area contributed by atoms with Gasteiger partial charge in [0.1, 0.15) is 5.60 Å². The van der Waals surface area contributed by atoms with E-state index >= 15 is 0 Å². The van der Waals surface area contributed by atoms with Crippen LogP contribution in [0.5, 0.6) is 0 Å². The van der Waals surface area contributed by atoms with Gasteiger partial charge in [0.15, 0.2) is 0 Å². The Labute approximate surface area is 157 Å². The van der Waals surface area contributed by atoms with E-state index in [1.165, 1.54) is 0 Å². The fraction of sp³-hybridized carbons (Fsp3) is 0.450. The number of amides is 2. The van der Waals surface area contributed by atoms with Gasteiger partial charge in [-0.1, -0.05) is 6.07 Å². The van der Waals surface area contributed by atoms with E-state index in [2.05, 4.69) is 10.3 Å². The van der Waals surface area contributed by atoms with Gasteiger partial charge in [-0.15, -0.1) is 0 Å². The van der Waals surface area contributed by atoms with Crippen LogP contribution in [-0.2, 0) is 10.3 Å². The van der Waals surface area contributed by atoms with Crippen molar-refractivity contribution in [2.24, 2.45) is 0 Å². The minimum atomic E-state index is -1.10. The monoisotopic (exact) mass is 369 g/mol. The Morgan fingerprint density at radius 2 is 1.96 bits per heavy atom. The van der Waals surface area contributed by atoms with Gasteiger partial charge in [-0.25, -0.2) is 4.79 Å². The Morgan fingerprint density at radius 3 is 2.63 bits per heavy atom. The first-order chi connectivity index (χ1) is 12.7. The summed E-state index contributed by atoms with van der Waals surface area (Å²) in [5.74, 6) is -0.152. The number of piperidine rings is 1. The van der Waals surface area contributed by atoms with Gasteiger partial charge in [-0.3, -0.25) is 9.78 Å². The van der Waals surface area contributed by atoms with Crippen LogP contribution in [0.3, 0.4) is 0 Å². The molecular weight excluding hydrogens is 346 g/mol. The Kier molecular flexibility index (Phi) is 3.89. The molecule has 2 N–H and O–H groups in total. The Bertz CT molecular complexity index is 940. The lowest BCUT2D eigenvalue weighted by atomic mass is 9.82. The summed E-state index contributed by atoms with van der Waals surface area (Å²) in [4.78, 5) is 30.4. The van der Waals surface area contributed by atoms with Crippen molar-refractivity contribution in [2.75, 3.05) is 18.4 Å². The molecule has 1 aromatic carbocycles. The van der Waals surface area contributed by atoms with Crippen molar-refractivity contribution < 1.29 is 19.4 Å². The average molecular weight is 369 g/mol. The number of nitrogens with one attached hydrogen (secondary N) is 1. The molecule has 2 aliphatic heterocycles. The lowest BCUT2D eigenvalue weighted by Gasteiger charge is -2.39. The maximum Gasteiger partial charge on any atom is 0.410 e. The van der Waals surface area contributed by atoms with Crippen LogP contribution in [-0.4, -0.2) is 45.7 Å². The number of aromatic nitrogens is 1. The highest BCUT2D eigenvalue weighted by Crippen LogP contribution is 2.41. The average Bonchev–Trinajstić information content (AvgIpc) is 2.92. The summed E-state index contributed by atoms with van der Waals surface area (Å²) in [6, 6.07) is 5.28. The normalized spacial score (nSPS) is 18.5. The van der Waals surface area contributed by atoms with E-state index in [0.29, 0.717) is 42.6 Å². The van der Waals surface area contributed by atoms with Crippen LogP contribution in [0.25, 0.3) is 10.9 Å². The number of hydrogen-bond donors (Lipinski definition) is 2. The summed E-state index contributed by atoms with van der Waals surface area (Å²) in [6.07, 6.45) is 2.04. The first-order valence-electron chi connectivity index (χ1n) is 9.12. The molecule has 2 aliphatic rings. The maximum atomic E-state index is 12.3. The number of likely N-dealkylation sites (tertiary alicyclic amines) is 1.